The molecule has 0 spiro atoms. The monoisotopic (exact) mass is 314 g/mol. The number of carbonyl (C=O) groups excluding carboxylic acids is 2. The van der Waals surface area contributed by atoms with E-state index in [2.05, 4.69) is 0 Å². The summed E-state index contributed by atoms with van der Waals surface area (Å²) in [6.07, 6.45) is 0.951. The highest BCUT2D eigenvalue weighted by molar-refractivity contribution is 6.18. The molecule has 1 aromatic carbocycles. The topological polar surface area (TPSA) is 72.8 Å². The molecule has 1 atom stereocenters. The molecule has 0 amide bonds. The lowest BCUT2D eigenvalue weighted by Crippen LogP contribution is -2.28. The normalized spacial score (nSPS) is 13.3. The number of hydrogen-bond acceptors (Lipinski definition) is 5. The Hall–Kier alpha value is -1.59. The molecule has 0 bridgehead atoms. The van der Waals surface area contributed by atoms with E-state index in [4.69, 9.17) is 21.1 Å². The summed E-state index contributed by atoms with van der Waals surface area (Å²) in [7, 11) is 0. The van der Waals surface area contributed by atoms with Crippen LogP contribution in [0.5, 0.6) is 5.75 Å². The molecule has 1 rings (SSSR count). The summed E-state index contributed by atoms with van der Waals surface area (Å²) in [5, 5.41) is 9.66. The quantitative estimate of drug-likeness (QED) is 0.325. The lowest BCUT2D eigenvalue weighted by molar-refractivity contribution is -0.143. The van der Waals surface area contributed by atoms with Crippen LogP contribution in [0.15, 0.2) is 24.3 Å². The minimum Gasteiger partial charge on any atom is -0.490 e. The number of ether oxygens (including phenoxy) is 2. The Morgan fingerprint density at radius 2 is 2.00 bits per heavy atom. The summed E-state index contributed by atoms with van der Waals surface area (Å²) < 4.78 is 10.3. The first-order valence-corrected chi connectivity index (χ1v) is 7.12. The highest BCUT2D eigenvalue weighted by Crippen LogP contribution is 2.16. The van der Waals surface area contributed by atoms with Crippen LogP contribution in [0.2, 0.25) is 0 Å². The molecule has 1 aromatic rings. The number of rotatable bonds is 9. The van der Waals surface area contributed by atoms with E-state index in [0.29, 0.717) is 12.0 Å². The van der Waals surface area contributed by atoms with Gasteiger partial charge in [-0.2, -0.15) is 0 Å². The largest absolute Gasteiger partial charge is 0.490 e. The first-order valence-electron chi connectivity index (χ1n) is 6.59. The summed E-state index contributed by atoms with van der Waals surface area (Å²) in [4.78, 5) is 21.7. The van der Waals surface area contributed by atoms with Gasteiger partial charge < -0.3 is 19.4 Å². The minimum atomic E-state index is -1.36. The van der Waals surface area contributed by atoms with E-state index in [9.17, 15) is 14.7 Å². The highest BCUT2D eigenvalue weighted by Gasteiger charge is 2.19. The standard InChI is InChI=1S/C15H19ClO5/c1-15(19,11-17)10-12-2-4-13(5-3-12)20-8-9-21-14(18)6-7-16/h2-5,11,19H,6-10H2,1H3. The van der Waals surface area contributed by atoms with Gasteiger partial charge in [0, 0.05) is 12.3 Å². The molecule has 0 aliphatic heterocycles. The molecule has 0 saturated carbocycles. The zero-order valence-corrected chi connectivity index (χ0v) is 12.6. The van der Waals surface area contributed by atoms with Crippen molar-refractivity contribution in [1.29, 1.82) is 0 Å². The van der Waals surface area contributed by atoms with Gasteiger partial charge in [0.15, 0.2) is 6.29 Å². The maximum atomic E-state index is 11.0. The number of alkyl halides is 1. The number of aliphatic hydroxyl groups is 1. The van der Waals surface area contributed by atoms with Crippen LogP contribution in [0, 0.1) is 0 Å². The van der Waals surface area contributed by atoms with E-state index in [1.807, 2.05) is 0 Å². The second-order valence-electron chi connectivity index (χ2n) is 4.80. The average molecular weight is 315 g/mol. The summed E-state index contributed by atoms with van der Waals surface area (Å²) in [6.45, 7) is 1.87. The van der Waals surface area contributed by atoms with Crippen molar-refractivity contribution in [2.24, 2.45) is 0 Å². The van der Waals surface area contributed by atoms with E-state index in [1.165, 1.54) is 6.92 Å². The third-order valence-electron chi connectivity index (χ3n) is 2.65. The van der Waals surface area contributed by atoms with Crippen LogP contribution in [-0.4, -0.2) is 42.1 Å². The second-order valence-corrected chi connectivity index (χ2v) is 5.18. The van der Waals surface area contributed by atoms with Gasteiger partial charge in [-0.15, -0.1) is 11.6 Å². The van der Waals surface area contributed by atoms with Crippen molar-refractivity contribution in [3.05, 3.63) is 29.8 Å². The Bertz CT molecular complexity index is 456. The summed E-state index contributed by atoms with van der Waals surface area (Å²) in [5.74, 6) is 0.518. The summed E-state index contributed by atoms with van der Waals surface area (Å²) in [5.41, 5.74) is -0.535. The fourth-order valence-corrected chi connectivity index (χ4v) is 1.78. The molecule has 0 fully saturated rings. The molecule has 0 aliphatic rings. The molecular weight excluding hydrogens is 296 g/mol. The zero-order valence-electron chi connectivity index (χ0n) is 11.9. The number of aldehydes is 1. The highest BCUT2D eigenvalue weighted by atomic mass is 35.5. The minimum absolute atomic E-state index is 0.164. The van der Waals surface area contributed by atoms with Crippen molar-refractivity contribution in [3.8, 4) is 5.75 Å². The van der Waals surface area contributed by atoms with Gasteiger partial charge in [0.25, 0.3) is 0 Å². The molecule has 0 aromatic heterocycles. The lowest BCUT2D eigenvalue weighted by atomic mass is 9.98. The van der Waals surface area contributed by atoms with E-state index < -0.39 is 5.60 Å². The number of hydrogen-bond donors (Lipinski definition) is 1. The molecule has 6 heteroatoms. The van der Waals surface area contributed by atoms with Crippen molar-refractivity contribution in [3.63, 3.8) is 0 Å². The van der Waals surface area contributed by atoms with Crippen molar-refractivity contribution in [2.45, 2.75) is 25.4 Å². The van der Waals surface area contributed by atoms with Gasteiger partial charge >= 0.3 is 5.97 Å². The summed E-state index contributed by atoms with van der Waals surface area (Å²) in [6, 6.07) is 7.01. The maximum absolute atomic E-state index is 11.0. The van der Waals surface area contributed by atoms with Crippen LogP contribution in [0.4, 0.5) is 0 Å². The zero-order chi connectivity index (χ0) is 15.7. The second kappa shape index (κ2) is 8.64. The summed E-state index contributed by atoms with van der Waals surface area (Å²) >= 11 is 5.40. The third-order valence-corrected chi connectivity index (χ3v) is 2.84. The molecule has 0 saturated heterocycles. The predicted molar refractivity (Wildman–Crippen MR) is 78.6 cm³/mol. The first-order chi connectivity index (χ1) is 9.96. The molecule has 5 nitrogen and oxygen atoms in total. The van der Waals surface area contributed by atoms with Crippen molar-refractivity contribution in [2.75, 3.05) is 19.1 Å². The van der Waals surface area contributed by atoms with Gasteiger partial charge in [-0.1, -0.05) is 12.1 Å². The molecular formula is C15H19ClO5. The molecule has 0 radical (unpaired) electrons. The number of esters is 1. The van der Waals surface area contributed by atoms with Gasteiger partial charge in [0.2, 0.25) is 0 Å². The lowest BCUT2D eigenvalue weighted by Gasteiger charge is -2.15. The smallest absolute Gasteiger partial charge is 0.307 e. The molecule has 0 heterocycles. The van der Waals surface area contributed by atoms with Crippen LogP contribution in [0.3, 0.4) is 0 Å². The van der Waals surface area contributed by atoms with E-state index >= 15 is 0 Å². The van der Waals surface area contributed by atoms with Crippen molar-refractivity contribution < 1.29 is 24.2 Å². The Kier molecular flexibility index (Phi) is 7.19. The maximum Gasteiger partial charge on any atom is 0.307 e. The van der Waals surface area contributed by atoms with Gasteiger partial charge in [-0.25, -0.2) is 0 Å². The van der Waals surface area contributed by atoms with E-state index in [0.717, 1.165) is 5.56 Å². The Balaban J connectivity index is 2.34. The molecule has 1 N–H and O–H groups in total. The van der Waals surface area contributed by atoms with Gasteiger partial charge in [-0.05, 0) is 24.6 Å². The van der Waals surface area contributed by atoms with Crippen molar-refractivity contribution in [1.82, 2.24) is 0 Å². The SMILES string of the molecule is CC(O)(C=O)Cc1ccc(OCCOC(=O)CCCl)cc1. The Morgan fingerprint density at radius 3 is 2.57 bits per heavy atom. The van der Waals surface area contributed by atoms with Crippen LogP contribution in [0.1, 0.15) is 18.9 Å². The fraction of sp³-hybridized carbons (Fsp3) is 0.467. The number of carbonyl (C=O) groups is 2. The van der Waals surface area contributed by atoms with Gasteiger partial charge in [0.05, 0.1) is 6.42 Å². The van der Waals surface area contributed by atoms with Crippen molar-refractivity contribution >= 4 is 23.9 Å². The molecule has 0 aliphatic carbocycles. The van der Waals surface area contributed by atoms with Gasteiger partial charge in [0.1, 0.15) is 24.6 Å². The number of halogens is 1. The molecule has 1 unspecified atom stereocenters. The van der Waals surface area contributed by atoms with Gasteiger partial charge in [-0.3, -0.25) is 4.79 Å². The van der Waals surface area contributed by atoms with E-state index in [-0.39, 0.29) is 37.9 Å². The average Bonchev–Trinajstić information content (AvgIpc) is 2.45. The van der Waals surface area contributed by atoms with Crippen LogP contribution in [-0.2, 0) is 20.7 Å². The fourth-order valence-electron chi connectivity index (χ4n) is 1.62. The predicted octanol–water partition coefficient (Wildman–Crippen LogP) is 1.73. The van der Waals surface area contributed by atoms with Crippen LogP contribution >= 0.6 is 11.6 Å². The van der Waals surface area contributed by atoms with E-state index in [1.54, 1.807) is 24.3 Å². The number of benzene rings is 1. The molecule has 116 valence electrons. The third kappa shape index (κ3) is 7.11. The molecule has 21 heavy (non-hydrogen) atoms. The Morgan fingerprint density at radius 1 is 1.33 bits per heavy atom. The Labute approximate surface area is 128 Å². The first kappa shape index (κ1) is 17.5. The van der Waals surface area contributed by atoms with Crippen LogP contribution in [0.25, 0.3) is 0 Å². The van der Waals surface area contributed by atoms with Crippen LogP contribution < -0.4 is 4.74 Å².